The largest absolute Gasteiger partial charge is 0.464 e. The van der Waals surface area contributed by atoms with Gasteiger partial charge in [-0.1, -0.05) is 29.8 Å². The van der Waals surface area contributed by atoms with Gasteiger partial charge in [0.2, 0.25) is 5.91 Å². The molecule has 1 saturated heterocycles. The van der Waals surface area contributed by atoms with Crippen LogP contribution in [-0.2, 0) is 27.2 Å². The summed E-state index contributed by atoms with van der Waals surface area (Å²) in [4.78, 5) is 15.1. The molecule has 3 aromatic rings. The maximum atomic E-state index is 13.9. The summed E-state index contributed by atoms with van der Waals surface area (Å²) in [5.41, 5.74) is 2.03. The van der Waals surface area contributed by atoms with Gasteiger partial charge in [-0.2, -0.15) is 13.2 Å². The van der Waals surface area contributed by atoms with Crippen molar-refractivity contribution in [2.24, 2.45) is 0 Å². The van der Waals surface area contributed by atoms with Crippen molar-refractivity contribution in [3.63, 3.8) is 0 Å². The predicted octanol–water partition coefficient (Wildman–Crippen LogP) is 4.91. The minimum atomic E-state index is -4.60. The van der Waals surface area contributed by atoms with Crippen molar-refractivity contribution in [2.45, 2.75) is 39.4 Å². The summed E-state index contributed by atoms with van der Waals surface area (Å²) in [5.74, 6) is 0.481. The van der Waals surface area contributed by atoms with Crippen LogP contribution >= 0.6 is 0 Å². The summed E-state index contributed by atoms with van der Waals surface area (Å²) in [6, 6.07) is 11.6. The summed E-state index contributed by atoms with van der Waals surface area (Å²) in [7, 11) is -3.00. The number of alkyl halides is 3. The highest BCUT2D eigenvalue weighted by Gasteiger charge is 2.37. The Balaban J connectivity index is 1.56. The van der Waals surface area contributed by atoms with Crippen LogP contribution in [0.3, 0.4) is 0 Å². The molecule has 0 aliphatic carbocycles. The standard InChI is InChI=1S/C27H29F3N2O4S/c1-17-4-7-21(22(14-17)27(28,29)30)26(24-9-5-19(3)36-24)31-25(33)16-20-6-8-23(18(2)15-20)32-10-12-37(34,35)13-11-32/h4-9,14-15,26H,10-13,16H2,1-3H3,(H,31,33). The SMILES string of the molecule is Cc1ccc(C(NC(=O)Cc2ccc(N3CCS(=O)(=O)CC3)c(C)c2)c2ccc(C)o2)c(C(F)(F)F)c1. The van der Waals surface area contributed by atoms with E-state index in [-0.39, 0.29) is 29.3 Å². The number of rotatable bonds is 6. The highest BCUT2D eigenvalue weighted by Crippen LogP contribution is 2.37. The topological polar surface area (TPSA) is 79.6 Å². The second-order valence-electron chi connectivity index (χ2n) is 9.47. The molecule has 0 bridgehead atoms. The summed E-state index contributed by atoms with van der Waals surface area (Å²) in [6.45, 7) is 5.97. The van der Waals surface area contributed by atoms with Crippen LogP contribution in [0.2, 0.25) is 0 Å². The maximum Gasteiger partial charge on any atom is 0.416 e. The van der Waals surface area contributed by atoms with Gasteiger partial charge in [-0.3, -0.25) is 4.79 Å². The minimum absolute atomic E-state index is 0.0428. The third-order valence-corrected chi connectivity index (χ3v) is 8.10. The van der Waals surface area contributed by atoms with Crippen molar-refractivity contribution < 1.29 is 30.8 Å². The van der Waals surface area contributed by atoms with Gasteiger partial charge in [-0.15, -0.1) is 0 Å². The number of aryl methyl sites for hydroxylation is 3. The van der Waals surface area contributed by atoms with Crippen LogP contribution < -0.4 is 10.2 Å². The van der Waals surface area contributed by atoms with Gasteiger partial charge in [0.05, 0.1) is 23.5 Å². The number of nitrogens with one attached hydrogen (secondary N) is 1. The normalized spacial score (nSPS) is 16.4. The van der Waals surface area contributed by atoms with Gasteiger partial charge < -0.3 is 14.6 Å². The number of carbonyl (C=O) groups excluding carboxylic acids is 1. The fourth-order valence-corrected chi connectivity index (χ4v) is 5.81. The molecular weight excluding hydrogens is 505 g/mol. The Morgan fingerprint density at radius 1 is 1.03 bits per heavy atom. The monoisotopic (exact) mass is 534 g/mol. The van der Waals surface area contributed by atoms with Crippen LogP contribution in [0.5, 0.6) is 0 Å². The Morgan fingerprint density at radius 2 is 1.73 bits per heavy atom. The van der Waals surface area contributed by atoms with Crippen molar-refractivity contribution >= 4 is 21.4 Å². The van der Waals surface area contributed by atoms with E-state index in [0.29, 0.717) is 30.0 Å². The van der Waals surface area contributed by atoms with Crippen LogP contribution in [0.4, 0.5) is 18.9 Å². The predicted molar refractivity (Wildman–Crippen MR) is 135 cm³/mol. The molecule has 0 spiro atoms. The quantitative estimate of drug-likeness (QED) is 0.486. The number of sulfone groups is 1. The first-order chi connectivity index (χ1) is 17.3. The van der Waals surface area contributed by atoms with Crippen molar-refractivity contribution in [3.05, 3.63) is 87.9 Å². The molecule has 4 rings (SSSR count). The number of nitrogens with zero attached hydrogens (tertiary/aromatic N) is 1. The van der Waals surface area contributed by atoms with Gasteiger partial charge in [0.15, 0.2) is 9.84 Å². The van der Waals surface area contributed by atoms with E-state index < -0.39 is 33.5 Å². The third kappa shape index (κ3) is 6.36. The molecule has 37 heavy (non-hydrogen) atoms. The van der Waals surface area contributed by atoms with Crippen molar-refractivity contribution in [3.8, 4) is 0 Å². The zero-order chi connectivity index (χ0) is 27.0. The van der Waals surface area contributed by atoms with Gasteiger partial charge >= 0.3 is 6.18 Å². The highest BCUT2D eigenvalue weighted by molar-refractivity contribution is 7.91. The van der Waals surface area contributed by atoms with E-state index in [0.717, 1.165) is 17.3 Å². The molecule has 10 heteroatoms. The second-order valence-corrected chi connectivity index (χ2v) is 11.8. The lowest BCUT2D eigenvalue weighted by atomic mass is 9.95. The van der Waals surface area contributed by atoms with Gasteiger partial charge in [0, 0.05) is 18.8 Å². The van der Waals surface area contributed by atoms with E-state index in [9.17, 15) is 26.4 Å². The Bertz CT molecular complexity index is 1400. The number of benzene rings is 2. The molecule has 1 aromatic heterocycles. The Hall–Kier alpha value is -3.27. The number of amides is 1. The van der Waals surface area contributed by atoms with E-state index in [1.807, 2.05) is 24.0 Å². The Morgan fingerprint density at radius 3 is 2.32 bits per heavy atom. The molecular formula is C27H29F3N2O4S. The number of anilines is 1. The number of furan rings is 1. The fraction of sp³-hybridized carbons (Fsp3) is 0.370. The minimum Gasteiger partial charge on any atom is -0.464 e. The van der Waals surface area contributed by atoms with Crippen molar-refractivity contribution in [1.82, 2.24) is 5.32 Å². The molecule has 0 radical (unpaired) electrons. The van der Waals surface area contributed by atoms with Crippen molar-refractivity contribution in [2.75, 3.05) is 29.5 Å². The highest BCUT2D eigenvalue weighted by atomic mass is 32.2. The fourth-order valence-electron chi connectivity index (χ4n) is 4.61. The average Bonchev–Trinajstić information content (AvgIpc) is 3.23. The molecule has 1 atom stereocenters. The maximum absolute atomic E-state index is 13.9. The van der Waals surface area contributed by atoms with Gasteiger partial charge in [0.1, 0.15) is 17.6 Å². The molecule has 1 aliphatic rings. The lowest BCUT2D eigenvalue weighted by Crippen LogP contribution is -2.40. The van der Waals surface area contributed by atoms with E-state index in [1.165, 1.54) is 6.07 Å². The van der Waals surface area contributed by atoms with Crippen LogP contribution in [-0.4, -0.2) is 38.9 Å². The van der Waals surface area contributed by atoms with E-state index in [4.69, 9.17) is 4.42 Å². The zero-order valence-corrected chi connectivity index (χ0v) is 21.7. The number of halogens is 3. The molecule has 2 heterocycles. The molecule has 0 saturated carbocycles. The van der Waals surface area contributed by atoms with Crippen LogP contribution in [0.1, 0.15) is 45.4 Å². The molecule has 1 amide bonds. The summed E-state index contributed by atoms with van der Waals surface area (Å²) in [6.07, 6.45) is -4.65. The first-order valence-corrected chi connectivity index (χ1v) is 13.7. The van der Waals surface area contributed by atoms with Crippen LogP contribution in [0.15, 0.2) is 52.9 Å². The summed E-state index contributed by atoms with van der Waals surface area (Å²) in [5, 5.41) is 2.74. The first kappa shape index (κ1) is 26.8. The first-order valence-electron chi connectivity index (χ1n) is 11.9. The van der Waals surface area contributed by atoms with E-state index >= 15 is 0 Å². The molecule has 1 N–H and O–H groups in total. The Labute approximate surface area is 214 Å². The molecule has 6 nitrogen and oxygen atoms in total. The second kappa shape index (κ2) is 10.2. The zero-order valence-electron chi connectivity index (χ0n) is 20.9. The van der Waals surface area contributed by atoms with Crippen LogP contribution in [0.25, 0.3) is 0 Å². The van der Waals surface area contributed by atoms with E-state index in [2.05, 4.69) is 5.32 Å². The molecule has 2 aromatic carbocycles. The number of carbonyl (C=O) groups is 1. The number of hydrogen-bond donors (Lipinski definition) is 1. The summed E-state index contributed by atoms with van der Waals surface area (Å²) < 4.78 is 70.8. The summed E-state index contributed by atoms with van der Waals surface area (Å²) >= 11 is 0. The third-order valence-electron chi connectivity index (χ3n) is 6.49. The van der Waals surface area contributed by atoms with E-state index in [1.54, 1.807) is 38.1 Å². The van der Waals surface area contributed by atoms with Gasteiger partial charge in [-0.25, -0.2) is 8.42 Å². The van der Waals surface area contributed by atoms with Crippen LogP contribution in [0, 0.1) is 20.8 Å². The molecule has 1 aliphatic heterocycles. The lowest BCUT2D eigenvalue weighted by molar-refractivity contribution is -0.138. The van der Waals surface area contributed by atoms with Crippen molar-refractivity contribution in [1.29, 1.82) is 0 Å². The lowest BCUT2D eigenvalue weighted by Gasteiger charge is -2.30. The Kier molecular flexibility index (Phi) is 7.41. The number of hydrogen-bond acceptors (Lipinski definition) is 5. The smallest absolute Gasteiger partial charge is 0.416 e. The molecule has 1 unspecified atom stereocenters. The average molecular weight is 535 g/mol. The molecule has 1 fully saturated rings. The molecule has 198 valence electrons. The van der Waals surface area contributed by atoms with Gasteiger partial charge in [0.25, 0.3) is 0 Å². The van der Waals surface area contributed by atoms with Gasteiger partial charge in [-0.05, 0) is 61.7 Å².